The van der Waals surface area contributed by atoms with Gasteiger partial charge in [-0.15, -0.1) is 10.2 Å². The van der Waals surface area contributed by atoms with Gasteiger partial charge in [-0.1, -0.05) is 0 Å². The molecule has 0 unspecified atom stereocenters. The topological polar surface area (TPSA) is 69.9 Å². The summed E-state index contributed by atoms with van der Waals surface area (Å²) in [7, 11) is 0. The molecule has 0 fully saturated rings. The first-order chi connectivity index (χ1) is 7.88. The van der Waals surface area contributed by atoms with Crippen LogP contribution in [0.1, 0.15) is 24.4 Å². The first-order valence-corrected chi connectivity index (χ1v) is 5.59. The molecule has 3 heterocycles. The second-order valence-corrected chi connectivity index (χ2v) is 4.02. The lowest BCUT2D eigenvalue weighted by atomic mass is 10.1. The average molecular weight is 218 g/mol. The van der Waals surface area contributed by atoms with Crippen LogP contribution < -0.4 is 5.73 Å². The minimum Gasteiger partial charge on any atom is -0.456 e. The molecule has 5 nitrogen and oxygen atoms in total. The van der Waals surface area contributed by atoms with Crippen LogP contribution in [0.5, 0.6) is 0 Å². The number of aryl methyl sites for hydroxylation is 1. The zero-order chi connectivity index (χ0) is 11.0. The van der Waals surface area contributed by atoms with Gasteiger partial charge in [-0.25, -0.2) is 0 Å². The zero-order valence-corrected chi connectivity index (χ0v) is 9.02. The number of furan rings is 1. The van der Waals surface area contributed by atoms with Crippen LogP contribution in [0.2, 0.25) is 0 Å². The molecule has 0 amide bonds. The molecule has 0 spiro atoms. The van der Waals surface area contributed by atoms with Crippen LogP contribution in [-0.4, -0.2) is 14.8 Å². The van der Waals surface area contributed by atoms with E-state index < -0.39 is 0 Å². The van der Waals surface area contributed by atoms with E-state index in [-0.39, 0.29) is 0 Å². The Balaban J connectivity index is 2.02. The van der Waals surface area contributed by atoms with Gasteiger partial charge in [0.05, 0.1) is 6.54 Å². The van der Waals surface area contributed by atoms with Gasteiger partial charge in [0.1, 0.15) is 11.6 Å². The maximum atomic E-state index is 5.59. The molecule has 0 bridgehead atoms. The van der Waals surface area contributed by atoms with Crippen molar-refractivity contribution in [1.82, 2.24) is 14.8 Å². The van der Waals surface area contributed by atoms with Crippen molar-refractivity contribution in [2.24, 2.45) is 5.73 Å². The van der Waals surface area contributed by atoms with Crippen LogP contribution in [0.25, 0.3) is 11.6 Å². The molecule has 84 valence electrons. The molecule has 1 aliphatic heterocycles. The minimum absolute atomic E-state index is 0.418. The first-order valence-electron chi connectivity index (χ1n) is 5.59. The lowest BCUT2D eigenvalue weighted by Crippen LogP contribution is -2.11. The van der Waals surface area contributed by atoms with Gasteiger partial charge in [-0.3, -0.25) is 0 Å². The molecule has 5 heteroatoms. The van der Waals surface area contributed by atoms with E-state index in [1.807, 2.05) is 12.1 Å². The van der Waals surface area contributed by atoms with Gasteiger partial charge in [0.25, 0.3) is 0 Å². The quantitative estimate of drug-likeness (QED) is 0.825. The Labute approximate surface area is 93.3 Å². The third kappa shape index (κ3) is 1.44. The minimum atomic E-state index is 0.418. The molecular weight excluding hydrogens is 204 g/mol. The van der Waals surface area contributed by atoms with E-state index in [4.69, 9.17) is 10.2 Å². The smallest absolute Gasteiger partial charge is 0.199 e. The highest BCUT2D eigenvalue weighted by atomic mass is 16.3. The second-order valence-electron chi connectivity index (χ2n) is 4.02. The maximum absolute atomic E-state index is 5.59. The summed E-state index contributed by atoms with van der Waals surface area (Å²) in [6, 6.07) is 3.80. The van der Waals surface area contributed by atoms with E-state index in [2.05, 4.69) is 14.8 Å². The van der Waals surface area contributed by atoms with E-state index >= 15 is 0 Å². The van der Waals surface area contributed by atoms with Crippen LogP contribution in [0.3, 0.4) is 0 Å². The van der Waals surface area contributed by atoms with E-state index in [1.165, 1.54) is 12.8 Å². The van der Waals surface area contributed by atoms with Crippen molar-refractivity contribution in [3.63, 3.8) is 0 Å². The molecule has 16 heavy (non-hydrogen) atoms. The normalized spacial score (nSPS) is 15.1. The fourth-order valence-electron chi connectivity index (χ4n) is 2.10. The third-order valence-electron chi connectivity index (χ3n) is 2.94. The molecule has 3 rings (SSSR count). The van der Waals surface area contributed by atoms with Crippen LogP contribution in [-0.2, 0) is 19.5 Å². The van der Waals surface area contributed by atoms with Crippen molar-refractivity contribution < 1.29 is 4.42 Å². The van der Waals surface area contributed by atoms with Gasteiger partial charge < -0.3 is 14.7 Å². The largest absolute Gasteiger partial charge is 0.456 e. The summed E-state index contributed by atoms with van der Waals surface area (Å²) in [5.41, 5.74) is 5.52. The summed E-state index contributed by atoms with van der Waals surface area (Å²) in [6.07, 6.45) is 3.39. The monoisotopic (exact) mass is 218 g/mol. The highest BCUT2D eigenvalue weighted by Crippen LogP contribution is 2.24. The van der Waals surface area contributed by atoms with Crippen molar-refractivity contribution >= 4 is 0 Å². The van der Waals surface area contributed by atoms with Gasteiger partial charge in [-0.2, -0.15) is 0 Å². The summed E-state index contributed by atoms with van der Waals surface area (Å²) in [5.74, 6) is 3.44. The van der Waals surface area contributed by atoms with Crippen molar-refractivity contribution in [1.29, 1.82) is 0 Å². The van der Waals surface area contributed by atoms with Gasteiger partial charge in [0, 0.05) is 13.0 Å². The zero-order valence-electron chi connectivity index (χ0n) is 9.02. The van der Waals surface area contributed by atoms with Gasteiger partial charge >= 0.3 is 0 Å². The second kappa shape index (κ2) is 3.75. The molecule has 0 aromatic carbocycles. The van der Waals surface area contributed by atoms with Crippen LogP contribution in [0.4, 0.5) is 0 Å². The van der Waals surface area contributed by atoms with Crippen molar-refractivity contribution in [3.8, 4) is 11.6 Å². The molecule has 2 N–H and O–H groups in total. The molecule has 0 saturated carbocycles. The number of nitrogens with two attached hydrogens (primary N) is 1. The van der Waals surface area contributed by atoms with E-state index in [0.717, 1.165) is 36.1 Å². The van der Waals surface area contributed by atoms with E-state index in [9.17, 15) is 0 Å². The highest BCUT2D eigenvalue weighted by Gasteiger charge is 2.18. The number of hydrogen-bond donors (Lipinski definition) is 1. The van der Waals surface area contributed by atoms with E-state index in [0.29, 0.717) is 6.54 Å². The molecule has 0 aliphatic carbocycles. The Morgan fingerprint density at radius 1 is 1.31 bits per heavy atom. The SMILES string of the molecule is NCc1ccc(-c2nnc3n2CCCC3)o1. The summed E-state index contributed by atoms with van der Waals surface area (Å²) in [4.78, 5) is 0. The molecular formula is C11H14N4O. The van der Waals surface area contributed by atoms with Gasteiger partial charge in [-0.05, 0) is 25.0 Å². The standard InChI is InChI=1S/C11H14N4O/c12-7-8-4-5-9(16-8)11-14-13-10-3-1-2-6-15(10)11/h4-5H,1-3,6-7,12H2. The Morgan fingerprint density at radius 2 is 2.25 bits per heavy atom. The Kier molecular flexibility index (Phi) is 2.25. The van der Waals surface area contributed by atoms with Crippen LogP contribution >= 0.6 is 0 Å². The molecule has 0 saturated heterocycles. The van der Waals surface area contributed by atoms with Gasteiger partial charge in [0.2, 0.25) is 0 Å². The Morgan fingerprint density at radius 3 is 3.06 bits per heavy atom. The number of fused-ring (bicyclic) bond motifs is 1. The summed E-state index contributed by atoms with van der Waals surface area (Å²) >= 11 is 0. The van der Waals surface area contributed by atoms with Gasteiger partial charge in [0.15, 0.2) is 11.6 Å². The lowest BCUT2D eigenvalue weighted by molar-refractivity contribution is 0.498. The predicted molar refractivity (Wildman–Crippen MR) is 58.6 cm³/mol. The number of rotatable bonds is 2. The lowest BCUT2D eigenvalue weighted by Gasteiger charge is -2.13. The van der Waals surface area contributed by atoms with Crippen LogP contribution in [0, 0.1) is 0 Å². The first kappa shape index (κ1) is 9.59. The Bertz CT molecular complexity index is 500. The number of hydrogen-bond acceptors (Lipinski definition) is 4. The molecule has 0 radical (unpaired) electrons. The fourth-order valence-corrected chi connectivity index (χ4v) is 2.10. The molecule has 2 aromatic rings. The summed E-state index contributed by atoms with van der Waals surface area (Å²) in [6.45, 7) is 1.40. The summed E-state index contributed by atoms with van der Waals surface area (Å²) in [5, 5.41) is 8.38. The highest BCUT2D eigenvalue weighted by molar-refractivity contribution is 5.47. The van der Waals surface area contributed by atoms with Crippen LogP contribution in [0.15, 0.2) is 16.5 Å². The average Bonchev–Trinajstić information content (AvgIpc) is 2.94. The predicted octanol–water partition coefficient (Wildman–Crippen LogP) is 1.33. The van der Waals surface area contributed by atoms with Crippen molar-refractivity contribution in [2.75, 3.05) is 0 Å². The molecule has 2 aromatic heterocycles. The van der Waals surface area contributed by atoms with E-state index in [1.54, 1.807) is 0 Å². The maximum Gasteiger partial charge on any atom is 0.199 e. The summed E-state index contributed by atoms with van der Waals surface area (Å²) < 4.78 is 7.74. The number of nitrogens with zero attached hydrogens (tertiary/aromatic N) is 3. The fraction of sp³-hybridized carbons (Fsp3) is 0.455. The molecule has 1 aliphatic rings. The van der Waals surface area contributed by atoms with Crippen molar-refractivity contribution in [3.05, 3.63) is 23.7 Å². The third-order valence-corrected chi connectivity index (χ3v) is 2.94. The van der Waals surface area contributed by atoms with Crippen molar-refractivity contribution in [2.45, 2.75) is 32.4 Å². The molecule has 0 atom stereocenters. The Hall–Kier alpha value is -1.62. The number of aromatic nitrogens is 3.